The molecule has 0 aliphatic heterocycles. The van der Waals surface area contributed by atoms with Gasteiger partial charge in [0.25, 0.3) is 0 Å². The number of hydrogen-bond donors (Lipinski definition) is 3. The SMILES string of the molecule is NCC1CCC(C(=O)C[C@@H](Cc2ccc(-c3ccncc3)cc2)C(=O)Nc2ccc(-c3noc(=O)[nH]3)cc2)CC1. The van der Waals surface area contributed by atoms with Gasteiger partial charge in [-0.15, -0.1) is 0 Å². The molecule has 0 saturated heterocycles. The number of benzene rings is 2. The van der Waals surface area contributed by atoms with Gasteiger partial charge in [-0.2, -0.15) is 0 Å². The second-order valence-corrected chi connectivity index (χ2v) is 10.5. The molecule has 2 heterocycles. The molecule has 4 aromatic rings. The number of ketones is 1. The minimum Gasteiger partial charge on any atom is -0.330 e. The summed E-state index contributed by atoms with van der Waals surface area (Å²) < 4.78 is 4.56. The van der Waals surface area contributed by atoms with Crippen LogP contribution in [0.2, 0.25) is 0 Å². The van der Waals surface area contributed by atoms with Gasteiger partial charge in [0, 0.05) is 41.9 Å². The predicted molar refractivity (Wildman–Crippen MR) is 152 cm³/mol. The predicted octanol–water partition coefficient (Wildman–Crippen LogP) is 4.61. The highest BCUT2D eigenvalue weighted by molar-refractivity contribution is 5.96. The Bertz CT molecular complexity index is 1470. The summed E-state index contributed by atoms with van der Waals surface area (Å²) in [4.78, 5) is 44.7. The number of amides is 1. The number of aromatic amines is 1. The van der Waals surface area contributed by atoms with Gasteiger partial charge in [-0.05, 0) is 97.7 Å². The number of aromatic nitrogens is 3. The number of H-pyrrole nitrogens is 1. The Balaban J connectivity index is 1.30. The van der Waals surface area contributed by atoms with Crippen LogP contribution in [0, 0.1) is 17.8 Å². The van der Waals surface area contributed by atoms with Gasteiger partial charge >= 0.3 is 5.76 Å². The van der Waals surface area contributed by atoms with Gasteiger partial charge in [0.15, 0.2) is 5.82 Å². The highest BCUT2D eigenvalue weighted by Crippen LogP contribution is 2.31. The van der Waals surface area contributed by atoms with Crippen molar-refractivity contribution in [2.45, 2.75) is 38.5 Å². The first kappa shape index (κ1) is 27.2. The van der Waals surface area contributed by atoms with Crippen LogP contribution in [0.15, 0.2) is 82.4 Å². The lowest BCUT2D eigenvalue weighted by Crippen LogP contribution is -2.31. The highest BCUT2D eigenvalue weighted by Gasteiger charge is 2.30. The molecule has 1 atom stereocenters. The summed E-state index contributed by atoms with van der Waals surface area (Å²) in [5, 5.41) is 6.66. The van der Waals surface area contributed by atoms with Crippen LogP contribution in [-0.4, -0.2) is 33.4 Å². The third-order valence-electron chi connectivity index (χ3n) is 7.77. The fourth-order valence-electron chi connectivity index (χ4n) is 5.36. The van der Waals surface area contributed by atoms with Crippen molar-refractivity contribution in [3.63, 3.8) is 0 Å². The average molecular weight is 540 g/mol. The van der Waals surface area contributed by atoms with Crippen molar-refractivity contribution in [1.82, 2.24) is 15.1 Å². The van der Waals surface area contributed by atoms with Gasteiger partial charge in [-0.1, -0.05) is 29.4 Å². The first-order valence-corrected chi connectivity index (χ1v) is 13.7. The molecule has 0 unspecified atom stereocenters. The van der Waals surface area contributed by atoms with E-state index in [1.54, 1.807) is 36.7 Å². The van der Waals surface area contributed by atoms with E-state index < -0.39 is 11.7 Å². The van der Waals surface area contributed by atoms with Crippen LogP contribution in [-0.2, 0) is 16.0 Å². The number of anilines is 1. The molecule has 2 aromatic heterocycles. The fourth-order valence-corrected chi connectivity index (χ4v) is 5.36. The second-order valence-electron chi connectivity index (χ2n) is 10.5. The first-order chi connectivity index (χ1) is 19.5. The molecule has 40 heavy (non-hydrogen) atoms. The van der Waals surface area contributed by atoms with Crippen LogP contribution < -0.4 is 16.8 Å². The van der Waals surface area contributed by atoms with Crippen molar-refractivity contribution in [2.24, 2.45) is 23.5 Å². The number of Topliss-reactive ketones (excluding diaryl/α,β-unsaturated/α-hetero) is 1. The summed E-state index contributed by atoms with van der Waals surface area (Å²) in [5.74, 6) is -0.426. The molecule has 1 amide bonds. The number of pyridine rings is 1. The molecule has 4 N–H and O–H groups in total. The third kappa shape index (κ3) is 6.79. The van der Waals surface area contributed by atoms with E-state index in [-0.39, 0.29) is 24.0 Å². The minimum atomic E-state index is -0.634. The van der Waals surface area contributed by atoms with Gasteiger partial charge in [-0.25, -0.2) is 4.79 Å². The lowest BCUT2D eigenvalue weighted by molar-refractivity contribution is -0.129. The lowest BCUT2D eigenvalue weighted by atomic mass is 9.77. The smallest absolute Gasteiger partial charge is 0.330 e. The molecule has 9 nitrogen and oxygen atoms in total. The Hall–Kier alpha value is -4.37. The number of nitrogens with two attached hydrogens (primary N) is 1. The largest absolute Gasteiger partial charge is 0.439 e. The zero-order chi connectivity index (χ0) is 27.9. The summed E-state index contributed by atoms with van der Waals surface area (Å²) >= 11 is 0. The van der Waals surface area contributed by atoms with E-state index in [9.17, 15) is 14.4 Å². The molecule has 206 valence electrons. The van der Waals surface area contributed by atoms with Crippen LogP contribution >= 0.6 is 0 Å². The zero-order valence-electron chi connectivity index (χ0n) is 22.2. The topological polar surface area (TPSA) is 144 Å². The average Bonchev–Trinajstić information content (AvgIpc) is 3.44. The quantitative estimate of drug-likeness (QED) is 0.267. The molecule has 9 heteroatoms. The van der Waals surface area contributed by atoms with Crippen LogP contribution in [0.4, 0.5) is 5.69 Å². The van der Waals surface area contributed by atoms with Gasteiger partial charge in [0.1, 0.15) is 5.78 Å². The number of rotatable bonds is 10. The molecule has 0 spiro atoms. The van der Waals surface area contributed by atoms with Gasteiger partial charge in [0.2, 0.25) is 5.91 Å². The normalized spacial score (nSPS) is 17.7. The number of nitrogens with one attached hydrogen (secondary N) is 2. The highest BCUT2D eigenvalue weighted by atomic mass is 16.5. The molecule has 1 fully saturated rings. The Morgan fingerprint density at radius 3 is 2.20 bits per heavy atom. The molecule has 1 saturated carbocycles. The van der Waals surface area contributed by atoms with Crippen LogP contribution in [0.25, 0.3) is 22.5 Å². The van der Waals surface area contributed by atoms with Gasteiger partial charge in [-0.3, -0.25) is 24.1 Å². The molecule has 0 bridgehead atoms. The monoisotopic (exact) mass is 539 g/mol. The number of carbonyl (C=O) groups excluding carboxylic acids is 2. The number of carbonyl (C=O) groups is 2. The fraction of sp³-hybridized carbons (Fsp3) is 0.323. The van der Waals surface area contributed by atoms with E-state index in [4.69, 9.17) is 5.73 Å². The summed E-state index contributed by atoms with van der Waals surface area (Å²) in [7, 11) is 0. The van der Waals surface area contributed by atoms with Crippen LogP contribution in [0.5, 0.6) is 0 Å². The Kier molecular flexibility index (Phi) is 8.61. The van der Waals surface area contributed by atoms with E-state index >= 15 is 0 Å². The van der Waals surface area contributed by atoms with E-state index in [0.717, 1.165) is 42.4 Å². The molecule has 5 rings (SSSR count). The summed E-state index contributed by atoms with van der Waals surface area (Å²) in [5.41, 5.74) is 10.2. The summed E-state index contributed by atoms with van der Waals surface area (Å²) in [6, 6.07) is 18.9. The van der Waals surface area contributed by atoms with Crippen molar-refractivity contribution in [1.29, 1.82) is 0 Å². The van der Waals surface area contributed by atoms with E-state index in [1.807, 2.05) is 36.4 Å². The Labute approximate surface area is 232 Å². The maximum absolute atomic E-state index is 13.5. The van der Waals surface area contributed by atoms with Crippen molar-refractivity contribution < 1.29 is 14.1 Å². The van der Waals surface area contributed by atoms with E-state index in [0.29, 0.717) is 36.0 Å². The molecule has 1 aliphatic rings. The van der Waals surface area contributed by atoms with Crippen molar-refractivity contribution in [2.75, 3.05) is 11.9 Å². The Morgan fingerprint density at radius 2 is 1.57 bits per heavy atom. The molecule has 0 radical (unpaired) electrons. The van der Waals surface area contributed by atoms with E-state index in [1.165, 1.54) is 0 Å². The standard InChI is InChI=1S/C31H33N5O4/c32-19-21-3-7-24(8-4-21)28(37)18-26(17-20-1-5-22(6-2-20)23-13-15-33-16-14-23)30(38)34-27-11-9-25(10-12-27)29-35-31(39)40-36-29/h1-2,5-6,9-16,21,24,26H,3-4,7-8,17-19,32H2,(H,34,38)(H,35,36,39)/t21?,24?,26-/m1/s1. The van der Waals surface area contributed by atoms with E-state index in [2.05, 4.69) is 25.0 Å². The second kappa shape index (κ2) is 12.7. The van der Waals surface area contributed by atoms with Gasteiger partial charge in [0.05, 0.1) is 0 Å². The summed E-state index contributed by atoms with van der Waals surface area (Å²) in [6.45, 7) is 0.660. The lowest BCUT2D eigenvalue weighted by Gasteiger charge is -2.27. The number of nitrogens with zero attached hydrogens (tertiary/aromatic N) is 2. The maximum atomic E-state index is 13.5. The van der Waals surface area contributed by atoms with Crippen molar-refractivity contribution in [3.8, 4) is 22.5 Å². The Morgan fingerprint density at radius 1 is 0.925 bits per heavy atom. The maximum Gasteiger partial charge on any atom is 0.439 e. The van der Waals surface area contributed by atoms with Gasteiger partial charge < -0.3 is 11.1 Å². The van der Waals surface area contributed by atoms with Crippen molar-refractivity contribution >= 4 is 17.4 Å². The number of hydrogen-bond acceptors (Lipinski definition) is 7. The van der Waals surface area contributed by atoms with Crippen LogP contribution in [0.1, 0.15) is 37.7 Å². The molecule has 2 aromatic carbocycles. The zero-order valence-corrected chi connectivity index (χ0v) is 22.2. The summed E-state index contributed by atoms with van der Waals surface area (Å²) in [6.07, 6.45) is 7.75. The first-order valence-electron chi connectivity index (χ1n) is 13.7. The minimum absolute atomic E-state index is 0.0175. The molecular weight excluding hydrogens is 506 g/mol. The molecule has 1 aliphatic carbocycles. The van der Waals surface area contributed by atoms with Crippen molar-refractivity contribution in [3.05, 3.63) is 89.2 Å². The molecular formula is C31H33N5O4. The van der Waals surface area contributed by atoms with Crippen LogP contribution in [0.3, 0.4) is 0 Å². The third-order valence-corrected chi connectivity index (χ3v) is 7.77.